The molecule has 2 aromatic rings. The highest BCUT2D eigenvalue weighted by Crippen LogP contribution is 2.25. The van der Waals surface area contributed by atoms with Gasteiger partial charge in [0, 0.05) is 12.4 Å². The summed E-state index contributed by atoms with van der Waals surface area (Å²) in [5.41, 5.74) is 4.15. The van der Waals surface area contributed by atoms with Crippen molar-refractivity contribution in [2.45, 2.75) is 6.92 Å². The van der Waals surface area contributed by atoms with E-state index in [1.165, 1.54) is 10.4 Å². The van der Waals surface area contributed by atoms with Gasteiger partial charge in [-0.3, -0.25) is 4.98 Å². The molecule has 0 fully saturated rings. The number of hydrogen-bond donors (Lipinski definition) is 0. The standard InChI is InChI=1S/C9H8N2S/c1-7-9(12-6-11-7)8-2-4-10-5-3-8/h2-6H,1H3. The molecule has 0 aliphatic carbocycles. The van der Waals surface area contributed by atoms with E-state index in [1.54, 1.807) is 23.7 Å². The average molecular weight is 176 g/mol. The van der Waals surface area contributed by atoms with Crippen LogP contribution in [0.2, 0.25) is 0 Å². The van der Waals surface area contributed by atoms with Crippen molar-refractivity contribution in [1.29, 1.82) is 0 Å². The van der Waals surface area contributed by atoms with E-state index in [-0.39, 0.29) is 0 Å². The van der Waals surface area contributed by atoms with Crippen molar-refractivity contribution in [2.75, 3.05) is 0 Å². The first-order chi connectivity index (χ1) is 5.88. The Morgan fingerprint density at radius 2 is 2.00 bits per heavy atom. The molecule has 0 bridgehead atoms. The lowest BCUT2D eigenvalue weighted by molar-refractivity contribution is 1.26. The Morgan fingerprint density at radius 3 is 2.58 bits per heavy atom. The van der Waals surface area contributed by atoms with Crippen molar-refractivity contribution in [3.63, 3.8) is 0 Å². The molecule has 2 heterocycles. The van der Waals surface area contributed by atoms with Gasteiger partial charge in [0.05, 0.1) is 16.1 Å². The lowest BCUT2D eigenvalue weighted by Gasteiger charge is -1.95. The summed E-state index contributed by atoms with van der Waals surface area (Å²) in [6.45, 7) is 2.02. The Balaban J connectivity index is 2.51. The van der Waals surface area contributed by atoms with Gasteiger partial charge < -0.3 is 0 Å². The van der Waals surface area contributed by atoms with Gasteiger partial charge in [-0.25, -0.2) is 4.98 Å². The van der Waals surface area contributed by atoms with E-state index < -0.39 is 0 Å². The van der Waals surface area contributed by atoms with Gasteiger partial charge in [-0.15, -0.1) is 11.3 Å². The molecule has 2 aromatic heterocycles. The lowest BCUT2D eigenvalue weighted by Crippen LogP contribution is -1.77. The van der Waals surface area contributed by atoms with E-state index in [0.29, 0.717) is 0 Å². The average Bonchev–Trinajstić information content (AvgIpc) is 2.53. The Morgan fingerprint density at radius 1 is 1.25 bits per heavy atom. The van der Waals surface area contributed by atoms with Gasteiger partial charge in [0.2, 0.25) is 0 Å². The summed E-state index contributed by atoms with van der Waals surface area (Å²) < 4.78 is 0. The molecule has 0 aliphatic rings. The number of rotatable bonds is 1. The van der Waals surface area contributed by atoms with Crippen molar-refractivity contribution in [2.24, 2.45) is 0 Å². The van der Waals surface area contributed by atoms with E-state index in [9.17, 15) is 0 Å². The number of aromatic nitrogens is 2. The maximum absolute atomic E-state index is 4.19. The lowest BCUT2D eigenvalue weighted by atomic mass is 10.2. The van der Waals surface area contributed by atoms with Gasteiger partial charge >= 0.3 is 0 Å². The first-order valence-electron chi connectivity index (χ1n) is 3.68. The zero-order valence-electron chi connectivity index (χ0n) is 6.69. The molecule has 0 saturated carbocycles. The molecule has 0 aliphatic heterocycles. The first-order valence-corrected chi connectivity index (χ1v) is 4.56. The fraction of sp³-hybridized carbons (Fsp3) is 0.111. The van der Waals surface area contributed by atoms with Crippen LogP contribution in [-0.4, -0.2) is 9.97 Å². The minimum atomic E-state index is 1.09. The van der Waals surface area contributed by atoms with Crippen LogP contribution in [0, 0.1) is 6.92 Å². The smallest absolute Gasteiger partial charge is 0.0801 e. The van der Waals surface area contributed by atoms with Crippen LogP contribution in [0.5, 0.6) is 0 Å². The van der Waals surface area contributed by atoms with Crippen molar-refractivity contribution in [1.82, 2.24) is 9.97 Å². The van der Waals surface area contributed by atoms with Crippen LogP contribution in [0.25, 0.3) is 10.4 Å². The predicted octanol–water partition coefficient (Wildman–Crippen LogP) is 2.51. The van der Waals surface area contributed by atoms with Crippen LogP contribution >= 0.6 is 11.3 Å². The molecule has 3 heteroatoms. The molecule has 0 aromatic carbocycles. The molecule has 12 heavy (non-hydrogen) atoms. The van der Waals surface area contributed by atoms with Crippen LogP contribution in [0.15, 0.2) is 30.0 Å². The number of aryl methyl sites for hydroxylation is 1. The van der Waals surface area contributed by atoms with Crippen molar-refractivity contribution in [3.8, 4) is 10.4 Å². The largest absolute Gasteiger partial charge is 0.265 e. The fourth-order valence-electron chi connectivity index (χ4n) is 1.08. The summed E-state index contributed by atoms with van der Waals surface area (Å²) in [6.07, 6.45) is 3.60. The number of pyridine rings is 1. The monoisotopic (exact) mass is 176 g/mol. The van der Waals surface area contributed by atoms with E-state index in [1.807, 2.05) is 24.6 Å². The van der Waals surface area contributed by atoms with E-state index in [0.717, 1.165) is 5.69 Å². The van der Waals surface area contributed by atoms with Crippen molar-refractivity contribution >= 4 is 11.3 Å². The number of nitrogens with zero attached hydrogens (tertiary/aromatic N) is 2. The highest BCUT2D eigenvalue weighted by molar-refractivity contribution is 7.13. The topological polar surface area (TPSA) is 25.8 Å². The molecule has 2 nitrogen and oxygen atoms in total. The molecule has 60 valence electrons. The summed E-state index contributed by atoms with van der Waals surface area (Å²) in [5.74, 6) is 0. The van der Waals surface area contributed by atoms with Crippen LogP contribution in [0.4, 0.5) is 0 Å². The van der Waals surface area contributed by atoms with Crippen LogP contribution in [-0.2, 0) is 0 Å². The minimum Gasteiger partial charge on any atom is -0.265 e. The third-order valence-corrected chi connectivity index (χ3v) is 2.67. The summed E-state index contributed by atoms with van der Waals surface area (Å²) in [7, 11) is 0. The molecule has 0 unspecified atom stereocenters. The van der Waals surface area contributed by atoms with E-state index in [4.69, 9.17) is 0 Å². The van der Waals surface area contributed by atoms with Crippen molar-refractivity contribution < 1.29 is 0 Å². The molecule has 2 rings (SSSR count). The highest BCUT2D eigenvalue weighted by atomic mass is 32.1. The third-order valence-electron chi connectivity index (χ3n) is 1.69. The third kappa shape index (κ3) is 1.23. The normalized spacial score (nSPS) is 10.1. The minimum absolute atomic E-state index is 1.09. The summed E-state index contributed by atoms with van der Waals surface area (Å²) in [4.78, 5) is 9.39. The fourth-order valence-corrected chi connectivity index (χ4v) is 1.89. The van der Waals surface area contributed by atoms with Gasteiger partial charge in [0.25, 0.3) is 0 Å². The second kappa shape index (κ2) is 3.03. The molecule has 0 spiro atoms. The molecule has 0 radical (unpaired) electrons. The Labute approximate surface area is 74.9 Å². The number of hydrogen-bond acceptors (Lipinski definition) is 3. The van der Waals surface area contributed by atoms with Crippen LogP contribution < -0.4 is 0 Å². The molecule has 0 saturated heterocycles. The first kappa shape index (κ1) is 7.43. The van der Waals surface area contributed by atoms with E-state index >= 15 is 0 Å². The van der Waals surface area contributed by atoms with Gasteiger partial charge in [-0.2, -0.15) is 0 Å². The van der Waals surface area contributed by atoms with Gasteiger partial charge in [-0.1, -0.05) is 0 Å². The van der Waals surface area contributed by atoms with Crippen LogP contribution in [0.1, 0.15) is 5.69 Å². The summed E-state index contributed by atoms with van der Waals surface area (Å²) in [6, 6.07) is 4.00. The van der Waals surface area contributed by atoms with Gasteiger partial charge in [0.15, 0.2) is 0 Å². The quantitative estimate of drug-likeness (QED) is 0.667. The highest BCUT2D eigenvalue weighted by Gasteiger charge is 2.02. The maximum Gasteiger partial charge on any atom is 0.0801 e. The Hall–Kier alpha value is -1.22. The number of thiazole rings is 1. The molecule has 0 amide bonds. The van der Waals surface area contributed by atoms with Crippen LogP contribution in [0.3, 0.4) is 0 Å². The zero-order valence-corrected chi connectivity index (χ0v) is 7.51. The van der Waals surface area contributed by atoms with Crippen molar-refractivity contribution in [3.05, 3.63) is 35.7 Å². The summed E-state index contributed by atoms with van der Waals surface area (Å²) in [5, 5.41) is 0. The Bertz CT molecular complexity index is 367. The van der Waals surface area contributed by atoms with E-state index in [2.05, 4.69) is 9.97 Å². The summed E-state index contributed by atoms with van der Waals surface area (Å²) >= 11 is 1.66. The second-order valence-corrected chi connectivity index (χ2v) is 3.36. The SMILES string of the molecule is Cc1ncsc1-c1ccncc1. The molecule has 0 atom stereocenters. The molecular weight excluding hydrogens is 168 g/mol. The zero-order chi connectivity index (χ0) is 8.39. The van der Waals surface area contributed by atoms with Gasteiger partial charge in [-0.05, 0) is 24.6 Å². The molecular formula is C9H8N2S. The molecule has 0 N–H and O–H groups in total. The maximum atomic E-state index is 4.19. The second-order valence-electron chi connectivity index (χ2n) is 2.50. The Kier molecular flexibility index (Phi) is 1.87. The van der Waals surface area contributed by atoms with Gasteiger partial charge in [0.1, 0.15) is 0 Å². The predicted molar refractivity (Wildman–Crippen MR) is 50.1 cm³/mol.